The number of amides is 2. The van der Waals surface area contributed by atoms with Crippen molar-refractivity contribution < 1.29 is 14.3 Å². The molecule has 0 saturated carbocycles. The van der Waals surface area contributed by atoms with Gasteiger partial charge in [0.1, 0.15) is 0 Å². The summed E-state index contributed by atoms with van der Waals surface area (Å²) in [5, 5.41) is 2.93. The lowest BCUT2D eigenvalue weighted by atomic mass is 10.1. The summed E-state index contributed by atoms with van der Waals surface area (Å²) in [5.41, 5.74) is 0.893. The third kappa shape index (κ3) is 3.48. The molecule has 1 aromatic rings. The second kappa shape index (κ2) is 7.02. The highest BCUT2D eigenvalue weighted by atomic mass is 16.5. The van der Waals surface area contributed by atoms with Crippen molar-refractivity contribution in [2.24, 2.45) is 5.92 Å². The van der Waals surface area contributed by atoms with Gasteiger partial charge in [0, 0.05) is 25.2 Å². The minimum Gasteiger partial charge on any atom is -0.493 e. The van der Waals surface area contributed by atoms with Crippen LogP contribution in [0.15, 0.2) is 30.9 Å². The molecule has 1 fully saturated rings. The number of methoxy groups -OCH3 is 2. The summed E-state index contributed by atoms with van der Waals surface area (Å²) in [4.78, 5) is 14.0. The molecule has 1 saturated heterocycles. The first-order valence-corrected chi connectivity index (χ1v) is 7.04. The van der Waals surface area contributed by atoms with Gasteiger partial charge >= 0.3 is 6.03 Å². The van der Waals surface area contributed by atoms with E-state index in [9.17, 15) is 4.79 Å². The number of ether oxygens (including phenoxy) is 2. The van der Waals surface area contributed by atoms with E-state index in [1.165, 1.54) is 0 Å². The molecule has 2 rings (SSSR count). The summed E-state index contributed by atoms with van der Waals surface area (Å²) in [6.07, 6.45) is 2.90. The molecule has 1 aromatic carbocycles. The predicted octanol–water partition coefficient (Wildman–Crippen LogP) is 2.42. The molecule has 21 heavy (non-hydrogen) atoms. The minimum atomic E-state index is -0.0516. The van der Waals surface area contributed by atoms with Crippen LogP contribution in [-0.4, -0.2) is 38.2 Å². The molecule has 1 heterocycles. The molecule has 1 aliphatic heterocycles. The molecule has 0 aliphatic carbocycles. The molecule has 5 nitrogen and oxygen atoms in total. The molecule has 0 aromatic heterocycles. The van der Waals surface area contributed by atoms with Crippen molar-refractivity contribution in [3.8, 4) is 11.5 Å². The number of hydrogen-bond donors (Lipinski definition) is 1. The summed E-state index contributed by atoms with van der Waals surface area (Å²) in [7, 11) is 3.19. The van der Waals surface area contributed by atoms with Crippen molar-refractivity contribution in [2.75, 3.05) is 27.3 Å². The summed E-state index contributed by atoms with van der Waals surface area (Å²) < 4.78 is 10.6. The van der Waals surface area contributed by atoms with Gasteiger partial charge in [0.05, 0.1) is 14.2 Å². The molecule has 0 unspecified atom stereocenters. The average molecular weight is 290 g/mol. The van der Waals surface area contributed by atoms with Crippen molar-refractivity contribution >= 4 is 6.03 Å². The maximum absolute atomic E-state index is 12.1. The van der Waals surface area contributed by atoms with Crippen LogP contribution in [0.4, 0.5) is 4.79 Å². The molecule has 2 amide bonds. The number of para-hydroxylation sites is 1. The van der Waals surface area contributed by atoms with Crippen LogP contribution in [0.3, 0.4) is 0 Å². The topological polar surface area (TPSA) is 50.8 Å². The van der Waals surface area contributed by atoms with Crippen LogP contribution in [0.5, 0.6) is 11.5 Å². The highest BCUT2D eigenvalue weighted by Gasteiger charge is 2.24. The number of urea groups is 1. The van der Waals surface area contributed by atoms with E-state index in [1.54, 1.807) is 14.2 Å². The first-order chi connectivity index (χ1) is 10.2. The molecular weight excluding hydrogens is 268 g/mol. The highest BCUT2D eigenvalue weighted by molar-refractivity contribution is 5.74. The van der Waals surface area contributed by atoms with Crippen LogP contribution in [0.2, 0.25) is 0 Å². The number of rotatable bonds is 5. The highest BCUT2D eigenvalue weighted by Crippen LogP contribution is 2.30. The normalized spacial score (nSPS) is 17.4. The van der Waals surface area contributed by atoms with Crippen LogP contribution >= 0.6 is 0 Å². The first kappa shape index (κ1) is 15.2. The number of carbonyl (C=O) groups excluding carboxylic acids is 1. The van der Waals surface area contributed by atoms with Gasteiger partial charge in [-0.05, 0) is 18.4 Å². The molecule has 114 valence electrons. The van der Waals surface area contributed by atoms with Gasteiger partial charge in [-0.3, -0.25) is 0 Å². The van der Waals surface area contributed by atoms with Gasteiger partial charge in [-0.25, -0.2) is 4.79 Å². The van der Waals surface area contributed by atoms with E-state index in [0.29, 0.717) is 24.0 Å². The molecule has 1 N–H and O–H groups in total. The monoisotopic (exact) mass is 290 g/mol. The maximum Gasteiger partial charge on any atom is 0.317 e. The molecular formula is C16H22N2O3. The Morgan fingerprint density at radius 2 is 2.29 bits per heavy atom. The Labute approximate surface area is 125 Å². The van der Waals surface area contributed by atoms with Crippen LogP contribution < -0.4 is 14.8 Å². The van der Waals surface area contributed by atoms with E-state index in [2.05, 4.69) is 11.9 Å². The van der Waals surface area contributed by atoms with Crippen molar-refractivity contribution in [2.45, 2.75) is 13.0 Å². The van der Waals surface area contributed by atoms with Crippen molar-refractivity contribution in [3.63, 3.8) is 0 Å². The second-order valence-electron chi connectivity index (χ2n) is 5.04. The molecule has 0 spiro atoms. The Kier molecular flexibility index (Phi) is 5.09. The fraction of sp³-hybridized carbons (Fsp3) is 0.438. The van der Waals surface area contributed by atoms with E-state index < -0.39 is 0 Å². The number of carbonyl (C=O) groups is 1. The van der Waals surface area contributed by atoms with E-state index in [4.69, 9.17) is 9.47 Å². The maximum atomic E-state index is 12.1. The van der Waals surface area contributed by atoms with Crippen LogP contribution in [0.1, 0.15) is 12.0 Å². The summed E-state index contributed by atoms with van der Waals surface area (Å²) in [6.45, 7) is 5.71. The third-order valence-electron chi connectivity index (χ3n) is 3.76. The standard InChI is InChI=1S/C16H22N2O3/c1-4-12-8-9-18(11-12)16(19)17-10-13-6-5-7-14(20-2)15(13)21-3/h4-7,12H,1,8-11H2,2-3H3,(H,17,19)/t12-/m0/s1. The van der Waals surface area contributed by atoms with E-state index >= 15 is 0 Å². The third-order valence-corrected chi connectivity index (χ3v) is 3.76. The van der Waals surface area contributed by atoms with Crippen molar-refractivity contribution in [1.82, 2.24) is 10.2 Å². The Morgan fingerprint density at radius 1 is 1.48 bits per heavy atom. The Hall–Kier alpha value is -2.17. The first-order valence-electron chi connectivity index (χ1n) is 7.04. The fourth-order valence-corrected chi connectivity index (χ4v) is 2.54. The Morgan fingerprint density at radius 3 is 2.90 bits per heavy atom. The van der Waals surface area contributed by atoms with Gasteiger partial charge in [0.15, 0.2) is 11.5 Å². The number of benzene rings is 1. The van der Waals surface area contributed by atoms with Crippen LogP contribution in [0.25, 0.3) is 0 Å². The Balaban J connectivity index is 1.97. The van der Waals surface area contributed by atoms with Crippen molar-refractivity contribution in [3.05, 3.63) is 36.4 Å². The van der Waals surface area contributed by atoms with Gasteiger partial charge in [-0.2, -0.15) is 0 Å². The fourth-order valence-electron chi connectivity index (χ4n) is 2.54. The SMILES string of the molecule is C=C[C@H]1CCN(C(=O)NCc2cccc(OC)c2OC)C1. The zero-order chi connectivity index (χ0) is 15.2. The van der Waals surface area contributed by atoms with Gasteiger partial charge < -0.3 is 19.7 Å². The smallest absolute Gasteiger partial charge is 0.317 e. The number of likely N-dealkylation sites (tertiary alicyclic amines) is 1. The quantitative estimate of drug-likeness (QED) is 0.847. The second-order valence-corrected chi connectivity index (χ2v) is 5.04. The molecule has 1 aliphatic rings. The molecule has 5 heteroatoms. The van der Waals surface area contributed by atoms with Gasteiger partial charge in [-0.15, -0.1) is 6.58 Å². The lowest BCUT2D eigenvalue weighted by molar-refractivity contribution is 0.207. The number of nitrogens with zero attached hydrogens (tertiary/aromatic N) is 1. The van der Waals surface area contributed by atoms with Crippen LogP contribution in [-0.2, 0) is 6.54 Å². The van der Waals surface area contributed by atoms with Gasteiger partial charge in [0.25, 0.3) is 0 Å². The number of hydrogen-bond acceptors (Lipinski definition) is 3. The largest absolute Gasteiger partial charge is 0.493 e. The molecule has 1 atom stereocenters. The van der Waals surface area contributed by atoms with Gasteiger partial charge in [0.2, 0.25) is 0 Å². The number of nitrogens with one attached hydrogen (secondary N) is 1. The van der Waals surface area contributed by atoms with E-state index in [0.717, 1.165) is 25.1 Å². The lowest BCUT2D eigenvalue weighted by Gasteiger charge is -2.18. The summed E-state index contributed by atoms with van der Waals surface area (Å²) >= 11 is 0. The van der Waals surface area contributed by atoms with E-state index in [-0.39, 0.29) is 6.03 Å². The van der Waals surface area contributed by atoms with Crippen LogP contribution in [0, 0.1) is 5.92 Å². The average Bonchev–Trinajstić information content (AvgIpc) is 3.01. The molecule has 0 bridgehead atoms. The molecule has 0 radical (unpaired) electrons. The lowest BCUT2D eigenvalue weighted by Crippen LogP contribution is -2.38. The van der Waals surface area contributed by atoms with Gasteiger partial charge in [-0.1, -0.05) is 18.2 Å². The Bertz CT molecular complexity index is 516. The minimum absolute atomic E-state index is 0.0516. The zero-order valence-corrected chi connectivity index (χ0v) is 12.6. The van der Waals surface area contributed by atoms with Crippen molar-refractivity contribution in [1.29, 1.82) is 0 Å². The zero-order valence-electron chi connectivity index (χ0n) is 12.6. The summed E-state index contributed by atoms with van der Waals surface area (Å²) in [6, 6.07) is 5.58. The predicted molar refractivity (Wildman–Crippen MR) is 81.7 cm³/mol. The van der Waals surface area contributed by atoms with E-state index in [1.807, 2.05) is 29.2 Å². The summed E-state index contributed by atoms with van der Waals surface area (Å²) in [5.74, 6) is 1.73.